The lowest BCUT2D eigenvalue weighted by molar-refractivity contribution is -0.157. The van der Waals surface area contributed by atoms with Crippen LogP contribution in [0.2, 0.25) is 0 Å². The van der Waals surface area contributed by atoms with E-state index in [1.54, 1.807) is 0 Å². The maximum absolute atomic E-state index is 11.6. The highest BCUT2D eigenvalue weighted by Crippen LogP contribution is 1.99. The molecular formula is C12H16N3O4. The minimum atomic E-state index is -0.706. The summed E-state index contributed by atoms with van der Waals surface area (Å²) in [6, 6.07) is 0. The summed E-state index contributed by atoms with van der Waals surface area (Å²) in [6.07, 6.45) is 1.31. The van der Waals surface area contributed by atoms with Crippen molar-refractivity contribution in [3.05, 3.63) is 25.3 Å². The van der Waals surface area contributed by atoms with Crippen LogP contribution in [0.4, 0.5) is 0 Å². The molecule has 1 N–H and O–H groups in total. The molecule has 0 spiro atoms. The predicted octanol–water partition coefficient (Wildman–Crippen LogP) is -1.21. The molecule has 0 aromatic rings. The first-order valence-electron chi connectivity index (χ1n) is 5.75. The van der Waals surface area contributed by atoms with Crippen molar-refractivity contribution < 1.29 is 19.1 Å². The second-order valence-corrected chi connectivity index (χ2v) is 3.73. The fourth-order valence-electron chi connectivity index (χ4n) is 1.46. The first-order chi connectivity index (χ1) is 9.08. The maximum Gasteiger partial charge on any atom is 0.327 e. The topological polar surface area (TPSA) is 89.8 Å². The Morgan fingerprint density at radius 2 is 1.95 bits per heavy atom. The molecule has 1 rings (SSSR count). The minimum absolute atomic E-state index is 0.427. The SMILES string of the molecule is C=CC(=O)N(CC(=O)OC1CNCC[N]1)C(=O)C=C. The molecule has 1 fully saturated rings. The summed E-state index contributed by atoms with van der Waals surface area (Å²) in [4.78, 5) is 35.2. The smallest absolute Gasteiger partial charge is 0.327 e. The van der Waals surface area contributed by atoms with Crippen molar-refractivity contribution in [1.29, 1.82) is 0 Å². The van der Waals surface area contributed by atoms with Gasteiger partial charge in [-0.2, -0.15) is 5.32 Å². The van der Waals surface area contributed by atoms with Crippen molar-refractivity contribution in [1.82, 2.24) is 15.5 Å². The molecule has 103 valence electrons. The van der Waals surface area contributed by atoms with Gasteiger partial charge in [-0.15, -0.1) is 0 Å². The number of carbonyl (C=O) groups is 3. The van der Waals surface area contributed by atoms with Gasteiger partial charge in [0.15, 0.2) is 6.23 Å². The van der Waals surface area contributed by atoms with Crippen LogP contribution in [0.5, 0.6) is 0 Å². The maximum atomic E-state index is 11.6. The van der Waals surface area contributed by atoms with Gasteiger partial charge in [-0.25, -0.2) is 0 Å². The fraction of sp³-hybridized carbons (Fsp3) is 0.417. The molecule has 1 unspecified atom stereocenters. The van der Waals surface area contributed by atoms with Crippen LogP contribution in [0, 0.1) is 0 Å². The highest BCUT2D eigenvalue weighted by Gasteiger charge is 2.24. The van der Waals surface area contributed by atoms with Crippen molar-refractivity contribution in [3.8, 4) is 0 Å². The van der Waals surface area contributed by atoms with E-state index >= 15 is 0 Å². The van der Waals surface area contributed by atoms with Crippen molar-refractivity contribution in [2.45, 2.75) is 6.23 Å². The van der Waals surface area contributed by atoms with Gasteiger partial charge in [0.05, 0.1) is 0 Å². The van der Waals surface area contributed by atoms with Crippen molar-refractivity contribution in [3.63, 3.8) is 0 Å². The van der Waals surface area contributed by atoms with Gasteiger partial charge in [0.2, 0.25) is 0 Å². The van der Waals surface area contributed by atoms with Gasteiger partial charge >= 0.3 is 5.97 Å². The molecule has 0 bridgehead atoms. The Balaban J connectivity index is 2.55. The largest absolute Gasteiger partial charge is 0.442 e. The molecule has 7 nitrogen and oxygen atoms in total. The number of ether oxygens (including phenoxy) is 1. The summed E-state index contributed by atoms with van der Waals surface area (Å²) in [5, 5.41) is 7.08. The molecule has 1 aliphatic rings. The van der Waals surface area contributed by atoms with Gasteiger partial charge in [0, 0.05) is 19.6 Å². The third kappa shape index (κ3) is 4.65. The Morgan fingerprint density at radius 1 is 1.32 bits per heavy atom. The summed E-state index contributed by atoms with van der Waals surface area (Å²) >= 11 is 0. The number of carbonyl (C=O) groups excluding carboxylic acids is 3. The molecular weight excluding hydrogens is 250 g/mol. The Labute approximate surface area is 111 Å². The van der Waals surface area contributed by atoms with Crippen LogP contribution in [-0.2, 0) is 19.1 Å². The van der Waals surface area contributed by atoms with Crippen LogP contribution < -0.4 is 10.6 Å². The lowest BCUT2D eigenvalue weighted by atomic mass is 10.4. The van der Waals surface area contributed by atoms with E-state index in [1.807, 2.05) is 0 Å². The van der Waals surface area contributed by atoms with Crippen LogP contribution in [0.15, 0.2) is 25.3 Å². The molecule has 1 saturated heterocycles. The summed E-state index contributed by atoms with van der Waals surface area (Å²) in [6.45, 7) is 7.76. The van der Waals surface area contributed by atoms with Gasteiger partial charge < -0.3 is 10.1 Å². The number of nitrogens with zero attached hydrogens (tertiary/aromatic N) is 2. The molecule has 7 heteroatoms. The second-order valence-electron chi connectivity index (χ2n) is 3.73. The number of hydrogen-bond acceptors (Lipinski definition) is 5. The number of esters is 1. The van der Waals surface area contributed by atoms with E-state index in [1.165, 1.54) is 0 Å². The average molecular weight is 266 g/mol. The Hall–Kier alpha value is -1.99. The highest BCUT2D eigenvalue weighted by atomic mass is 16.6. The molecule has 0 aromatic carbocycles. The number of hydrogen-bond donors (Lipinski definition) is 1. The Morgan fingerprint density at radius 3 is 2.42 bits per heavy atom. The normalized spacial score (nSPS) is 18.2. The van der Waals surface area contributed by atoms with E-state index in [0.29, 0.717) is 18.0 Å². The van der Waals surface area contributed by atoms with E-state index in [4.69, 9.17) is 4.74 Å². The zero-order chi connectivity index (χ0) is 14.3. The molecule has 0 aliphatic carbocycles. The van der Waals surface area contributed by atoms with Crippen molar-refractivity contribution >= 4 is 17.8 Å². The molecule has 2 amide bonds. The fourth-order valence-corrected chi connectivity index (χ4v) is 1.46. The summed E-state index contributed by atoms with van der Waals surface area (Å²) < 4.78 is 5.03. The predicted molar refractivity (Wildman–Crippen MR) is 66.9 cm³/mol. The summed E-state index contributed by atoms with van der Waals surface area (Å²) in [5.74, 6) is -2.07. The quantitative estimate of drug-likeness (QED) is 0.498. The second kappa shape index (κ2) is 7.45. The number of rotatable bonds is 5. The third-order valence-electron chi connectivity index (χ3n) is 2.38. The van der Waals surface area contributed by atoms with E-state index in [9.17, 15) is 14.4 Å². The van der Waals surface area contributed by atoms with E-state index in [-0.39, 0.29) is 0 Å². The van der Waals surface area contributed by atoms with Gasteiger partial charge in [-0.3, -0.25) is 19.3 Å². The molecule has 1 aliphatic heterocycles. The third-order valence-corrected chi connectivity index (χ3v) is 2.38. The zero-order valence-electron chi connectivity index (χ0n) is 10.5. The molecule has 19 heavy (non-hydrogen) atoms. The monoisotopic (exact) mass is 266 g/mol. The van der Waals surface area contributed by atoms with E-state index < -0.39 is 30.6 Å². The number of amides is 2. The Bertz CT molecular complexity index is 368. The zero-order valence-corrected chi connectivity index (χ0v) is 10.5. The van der Waals surface area contributed by atoms with Crippen LogP contribution in [-0.4, -0.2) is 55.1 Å². The number of piperazine rings is 1. The molecule has 0 aromatic heterocycles. The minimum Gasteiger partial charge on any atom is -0.442 e. The van der Waals surface area contributed by atoms with Crippen molar-refractivity contribution in [2.24, 2.45) is 0 Å². The molecule has 1 heterocycles. The standard InChI is InChI=1S/C12H16N3O4/c1-3-10(16)15(11(17)4-2)8-12(18)19-9-7-13-5-6-14-9/h3-4,9,13H,1-2,5-8H2. The molecule has 0 saturated carbocycles. The van der Waals surface area contributed by atoms with E-state index in [0.717, 1.165) is 18.7 Å². The number of imide groups is 1. The van der Waals surface area contributed by atoms with E-state index in [2.05, 4.69) is 23.8 Å². The van der Waals surface area contributed by atoms with Crippen LogP contribution in [0.3, 0.4) is 0 Å². The van der Waals surface area contributed by atoms with Gasteiger partial charge in [0.1, 0.15) is 6.54 Å². The number of nitrogens with one attached hydrogen (secondary N) is 1. The first-order valence-corrected chi connectivity index (χ1v) is 5.75. The lowest BCUT2D eigenvalue weighted by Gasteiger charge is -2.24. The van der Waals surface area contributed by atoms with Crippen LogP contribution >= 0.6 is 0 Å². The van der Waals surface area contributed by atoms with Gasteiger partial charge in [-0.05, 0) is 12.2 Å². The highest BCUT2D eigenvalue weighted by molar-refractivity contribution is 6.06. The summed E-state index contributed by atoms with van der Waals surface area (Å²) in [5.41, 5.74) is 0. The van der Waals surface area contributed by atoms with Gasteiger partial charge in [-0.1, -0.05) is 13.2 Å². The average Bonchev–Trinajstić information content (AvgIpc) is 2.44. The lowest BCUT2D eigenvalue weighted by Crippen LogP contribution is -2.48. The van der Waals surface area contributed by atoms with Crippen LogP contribution in [0.25, 0.3) is 0 Å². The summed E-state index contributed by atoms with van der Waals surface area (Å²) in [7, 11) is 0. The van der Waals surface area contributed by atoms with Crippen molar-refractivity contribution in [2.75, 3.05) is 26.2 Å². The molecule has 1 atom stereocenters. The first kappa shape index (κ1) is 15.1. The van der Waals surface area contributed by atoms with Crippen LogP contribution in [0.1, 0.15) is 0 Å². The van der Waals surface area contributed by atoms with Gasteiger partial charge in [0.25, 0.3) is 11.8 Å². The Kier molecular flexibility index (Phi) is 5.91. The molecule has 1 radical (unpaired) electrons.